The summed E-state index contributed by atoms with van der Waals surface area (Å²) in [4.78, 5) is 13.7. The first kappa shape index (κ1) is 16.0. The van der Waals surface area contributed by atoms with Crippen molar-refractivity contribution in [3.05, 3.63) is 10.9 Å². The van der Waals surface area contributed by atoms with Gasteiger partial charge in [-0.3, -0.25) is 0 Å². The summed E-state index contributed by atoms with van der Waals surface area (Å²) in [5, 5.41) is 7.61. The van der Waals surface area contributed by atoms with Crippen molar-refractivity contribution in [2.45, 2.75) is 33.2 Å². The zero-order valence-corrected chi connectivity index (χ0v) is 14.3. The van der Waals surface area contributed by atoms with Gasteiger partial charge in [-0.15, -0.1) is 11.3 Å². The summed E-state index contributed by atoms with van der Waals surface area (Å²) in [6, 6.07) is 2.74. The highest BCUT2D eigenvalue weighted by molar-refractivity contribution is 7.18. The Morgan fingerprint density at radius 3 is 2.76 bits per heavy atom. The molecular weight excluding hydrogens is 282 g/mol. The van der Waals surface area contributed by atoms with Crippen LogP contribution in [0.5, 0.6) is 0 Å². The van der Waals surface area contributed by atoms with Gasteiger partial charge in [-0.25, -0.2) is 4.98 Å². The van der Waals surface area contributed by atoms with Gasteiger partial charge in [0, 0.05) is 24.5 Å². The minimum Gasteiger partial charge on any atom is -0.369 e. The van der Waals surface area contributed by atoms with Gasteiger partial charge in [-0.05, 0) is 46.9 Å². The van der Waals surface area contributed by atoms with Crippen LogP contribution in [0.1, 0.15) is 25.1 Å². The molecule has 0 amide bonds. The van der Waals surface area contributed by atoms with E-state index >= 15 is 0 Å². The van der Waals surface area contributed by atoms with E-state index in [9.17, 15) is 0 Å². The fourth-order valence-corrected chi connectivity index (χ4v) is 2.96. The second-order valence-electron chi connectivity index (χ2n) is 5.58. The third kappa shape index (κ3) is 4.04. The number of hydrogen-bond acceptors (Lipinski definition) is 6. The monoisotopic (exact) mass is 307 g/mol. The standard InChI is InChI=1S/C15H25N5S/c1-10(2)20(5)8-6-7-17-13-12-9-11(3)21-14(12)19-15(16-4)18-13/h9-10H,6-8H2,1-5H3,(H2,16,17,18,19). The number of rotatable bonds is 7. The van der Waals surface area contributed by atoms with E-state index in [4.69, 9.17) is 0 Å². The van der Waals surface area contributed by atoms with E-state index < -0.39 is 0 Å². The van der Waals surface area contributed by atoms with E-state index in [1.165, 1.54) is 4.88 Å². The molecule has 2 heterocycles. The lowest BCUT2D eigenvalue weighted by Gasteiger charge is -2.20. The third-order valence-corrected chi connectivity index (χ3v) is 4.55. The van der Waals surface area contributed by atoms with Crippen LogP contribution in [-0.4, -0.2) is 48.1 Å². The van der Waals surface area contributed by atoms with Gasteiger partial charge in [0.05, 0.1) is 5.39 Å². The van der Waals surface area contributed by atoms with Crippen LogP contribution < -0.4 is 10.6 Å². The Hall–Kier alpha value is -1.40. The van der Waals surface area contributed by atoms with Crippen LogP contribution in [0.15, 0.2) is 6.07 Å². The average Bonchev–Trinajstić information content (AvgIpc) is 2.82. The molecule has 0 saturated heterocycles. The Bertz CT molecular complexity index is 593. The van der Waals surface area contributed by atoms with Crippen LogP contribution in [0.3, 0.4) is 0 Å². The number of anilines is 2. The Kier molecular flexibility index (Phi) is 5.36. The molecule has 0 aromatic carbocycles. The second-order valence-corrected chi connectivity index (χ2v) is 6.81. The highest BCUT2D eigenvalue weighted by atomic mass is 32.1. The number of aromatic nitrogens is 2. The summed E-state index contributed by atoms with van der Waals surface area (Å²) in [6.07, 6.45) is 1.10. The first-order valence-corrected chi connectivity index (χ1v) is 8.23. The number of hydrogen-bond donors (Lipinski definition) is 2. The van der Waals surface area contributed by atoms with Gasteiger partial charge in [0.1, 0.15) is 10.6 Å². The Morgan fingerprint density at radius 1 is 1.33 bits per heavy atom. The minimum absolute atomic E-state index is 0.589. The highest BCUT2D eigenvalue weighted by Crippen LogP contribution is 2.29. The maximum absolute atomic E-state index is 4.54. The number of fused-ring (bicyclic) bond motifs is 1. The summed E-state index contributed by atoms with van der Waals surface area (Å²) in [6.45, 7) is 8.54. The van der Waals surface area contributed by atoms with E-state index in [0.29, 0.717) is 12.0 Å². The second kappa shape index (κ2) is 7.04. The van der Waals surface area contributed by atoms with Crippen LogP contribution in [0.4, 0.5) is 11.8 Å². The molecule has 5 nitrogen and oxygen atoms in total. The Labute approximate surface area is 130 Å². The topological polar surface area (TPSA) is 53.1 Å². The van der Waals surface area contributed by atoms with Gasteiger partial charge >= 0.3 is 0 Å². The first-order valence-electron chi connectivity index (χ1n) is 7.41. The fraction of sp³-hybridized carbons (Fsp3) is 0.600. The third-order valence-electron chi connectivity index (χ3n) is 3.60. The smallest absolute Gasteiger partial charge is 0.225 e. The molecule has 0 aliphatic rings. The number of thiophene rings is 1. The first-order chi connectivity index (χ1) is 10.0. The molecule has 0 spiro atoms. The van der Waals surface area contributed by atoms with Gasteiger partial charge < -0.3 is 15.5 Å². The van der Waals surface area contributed by atoms with E-state index in [0.717, 1.165) is 35.5 Å². The number of nitrogens with one attached hydrogen (secondary N) is 2. The SMILES string of the molecule is CNc1nc(NCCCN(C)C(C)C)c2cc(C)sc2n1. The Balaban J connectivity index is 2.03. The van der Waals surface area contributed by atoms with Gasteiger partial charge in [0.25, 0.3) is 0 Å². The molecular formula is C15H25N5S. The van der Waals surface area contributed by atoms with E-state index in [2.05, 4.69) is 59.4 Å². The molecule has 6 heteroatoms. The van der Waals surface area contributed by atoms with Crippen LogP contribution in [0.25, 0.3) is 10.2 Å². The molecule has 21 heavy (non-hydrogen) atoms. The summed E-state index contributed by atoms with van der Waals surface area (Å²) in [5.74, 6) is 1.60. The minimum atomic E-state index is 0.589. The van der Waals surface area contributed by atoms with E-state index in [-0.39, 0.29) is 0 Å². The van der Waals surface area contributed by atoms with Crippen LogP contribution in [0.2, 0.25) is 0 Å². The molecule has 2 aromatic rings. The average molecular weight is 307 g/mol. The quantitative estimate of drug-likeness (QED) is 0.769. The largest absolute Gasteiger partial charge is 0.369 e. The molecule has 0 radical (unpaired) electrons. The molecule has 0 aliphatic heterocycles. The summed E-state index contributed by atoms with van der Waals surface area (Å²) in [5.41, 5.74) is 0. The van der Waals surface area contributed by atoms with E-state index in [1.807, 2.05) is 7.05 Å². The van der Waals surface area contributed by atoms with Gasteiger partial charge in [-0.1, -0.05) is 0 Å². The molecule has 2 aromatic heterocycles. The molecule has 0 fully saturated rings. The lowest BCUT2D eigenvalue weighted by molar-refractivity contribution is 0.273. The van der Waals surface area contributed by atoms with Gasteiger partial charge in [0.2, 0.25) is 5.95 Å². The van der Waals surface area contributed by atoms with Crippen molar-refractivity contribution >= 4 is 33.3 Å². The molecule has 2 N–H and O–H groups in total. The van der Waals surface area contributed by atoms with Crippen LogP contribution >= 0.6 is 11.3 Å². The molecule has 2 rings (SSSR count). The predicted molar refractivity (Wildman–Crippen MR) is 92.6 cm³/mol. The molecule has 0 atom stereocenters. The molecule has 0 unspecified atom stereocenters. The summed E-state index contributed by atoms with van der Waals surface area (Å²) >= 11 is 1.70. The van der Waals surface area contributed by atoms with Crippen LogP contribution in [-0.2, 0) is 0 Å². The highest BCUT2D eigenvalue weighted by Gasteiger charge is 2.10. The lowest BCUT2D eigenvalue weighted by Crippen LogP contribution is -2.28. The van der Waals surface area contributed by atoms with Crippen molar-refractivity contribution in [1.29, 1.82) is 0 Å². The van der Waals surface area contributed by atoms with Crippen molar-refractivity contribution in [2.75, 3.05) is 37.8 Å². The van der Waals surface area contributed by atoms with Crippen molar-refractivity contribution in [2.24, 2.45) is 0 Å². The van der Waals surface area contributed by atoms with Gasteiger partial charge in [0.15, 0.2) is 0 Å². The van der Waals surface area contributed by atoms with Crippen molar-refractivity contribution in [1.82, 2.24) is 14.9 Å². The predicted octanol–water partition coefficient (Wildman–Crippen LogP) is 3.18. The maximum Gasteiger partial charge on any atom is 0.225 e. The number of aryl methyl sites for hydroxylation is 1. The maximum atomic E-state index is 4.54. The zero-order valence-electron chi connectivity index (χ0n) is 13.5. The number of nitrogens with zero attached hydrogens (tertiary/aromatic N) is 3. The van der Waals surface area contributed by atoms with Crippen molar-refractivity contribution in [3.63, 3.8) is 0 Å². The van der Waals surface area contributed by atoms with Gasteiger partial charge in [-0.2, -0.15) is 4.98 Å². The molecule has 0 saturated carbocycles. The summed E-state index contributed by atoms with van der Waals surface area (Å²) < 4.78 is 0. The zero-order chi connectivity index (χ0) is 15.4. The van der Waals surface area contributed by atoms with Crippen molar-refractivity contribution in [3.8, 4) is 0 Å². The fourth-order valence-electron chi connectivity index (χ4n) is 2.08. The normalized spacial score (nSPS) is 11.6. The molecule has 0 aliphatic carbocycles. The summed E-state index contributed by atoms with van der Waals surface area (Å²) in [7, 11) is 4.01. The van der Waals surface area contributed by atoms with E-state index in [1.54, 1.807) is 11.3 Å². The Morgan fingerprint density at radius 2 is 2.10 bits per heavy atom. The lowest BCUT2D eigenvalue weighted by atomic mass is 10.3. The molecule has 0 bridgehead atoms. The van der Waals surface area contributed by atoms with Crippen molar-refractivity contribution < 1.29 is 0 Å². The van der Waals surface area contributed by atoms with Crippen LogP contribution in [0, 0.1) is 6.92 Å². The molecule has 116 valence electrons.